The van der Waals surface area contributed by atoms with Crippen LogP contribution in [0.3, 0.4) is 0 Å². The zero-order valence-corrected chi connectivity index (χ0v) is 20.3. The minimum Gasteiger partial charge on any atom is -0.453 e. The first-order chi connectivity index (χ1) is 16.4. The molecule has 0 aliphatic carbocycles. The Hall–Kier alpha value is -3.53. The van der Waals surface area contributed by atoms with Crippen LogP contribution in [0.5, 0.6) is 0 Å². The molecule has 0 bridgehead atoms. The first-order valence-corrected chi connectivity index (χ1v) is 12.2. The maximum Gasteiger partial charge on any atom is 0.358 e. The quantitative estimate of drug-likeness (QED) is 0.363. The minimum atomic E-state index is -0.568. The Balaban J connectivity index is 1.60. The van der Waals surface area contributed by atoms with E-state index in [0.29, 0.717) is 30.1 Å². The molecule has 0 atom stereocenters. The normalized spacial score (nSPS) is 11.3. The number of aryl methyl sites for hydroxylation is 3. The summed E-state index contributed by atoms with van der Waals surface area (Å²) < 4.78 is 8.71. The highest BCUT2D eigenvalue weighted by Crippen LogP contribution is 2.24. The van der Waals surface area contributed by atoms with Crippen molar-refractivity contribution >= 4 is 28.5 Å². The number of carbonyl (C=O) groups excluding carboxylic acids is 1. The average Bonchev–Trinajstić information content (AvgIpc) is 3.44. The van der Waals surface area contributed by atoms with Crippen LogP contribution in [0.1, 0.15) is 55.0 Å². The standard InChI is InChI=1S/C24H27N5O4S/c1-4-6-12-29-20-19(21(30)27-24(29)32)28(11-5-2)18(26-20)13-33-23(31)17-14-34-22(25-17)16-9-7-15(3)8-10-16/h7-10,14H,4-6,11-13H2,1-3H3,(H,27,30,32). The molecule has 0 saturated carbocycles. The van der Waals surface area contributed by atoms with Gasteiger partial charge in [0, 0.05) is 24.0 Å². The molecule has 0 unspecified atom stereocenters. The lowest BCUT2D eigenvalue weighted by Gasteiger charge is -2.08. The van der Waals surface area contributed by atoms with Gasteiger partial charge >= 0.3 is 11.7 Å². The number of aromatic nitrogens is 5. The second-order valence-corrected chi connectivity index (χ2v) is 8.95. The number of hydrogen-bond acceptors (Lipinski definition) is 7. The Bertz CT molecular complexity index is 1430. The molecule has 0 fully saturated rings. The van der Waals surface area contributed by atoms with Crippen molar-refractivity contribution in [2.75, 3.05) is 0 Å². The van der Waals surface area contributed by atoms with Gasteiger partial charge in [-0.2, -0.15) is 0 Å². The number of aromatic amines is 1. The van der Waals surface area contributed by atoms with Gasteiger partial charge < -0.3 is 9.30 Å². The van der Waals surface area contributed by atoms with Crippen LogP contribution in [0.25, 0.3) is 21.7 Å². The summed E-state index contributed by atoms with van der Waals surface area (Å²) in [5, 5.41) is 2.40. The number of rotatable bonds is 9. The molecule has 0 radical (unpaired) electrons. The number of imidazole rings is 1. The van der Waals surface area contributed by atoms with Crippen LogP contribution in [-0.2, 0) is 24.4 Å². The Morgan fingerprint density at radius 3 is 2.53 bits per heavy atom. The number of nitrogens with one attached hydrogen (secondary N) is 1. The van der Waals surface area contributed by atoms with E-state index in [1.54, 1.807) is 9.95 Å². The SMILES string of the molecule is CCCCn1c(=O)[nH]c(=O)c2c1nc(COC(=O)c1csc(-c3ccc(C)cc3)n1)n2CCC. The summed E-state index contributed by atoms with van der Waals surface area (Å²) in [4.78, 5) is 49.0. The number of esters is 1. The summed E-state index contributed by atoms with van der Waals surface area (Å²) in [5.74, 6) is -0.150. The van der Waals surface area contributed by atoms with E-state index >= 15 is 0 Å². The first kappa shape index (κ1) is 23.6. The molecule has 34 heavy (non-hydrogen) atoms. The van der Waals surface area contributed by atoms with Crippen molar-refractivity contribution in [3.63, 3.8) is 0 Å². The molecular formula is C24H27N5O4S. The highest BCUT2D eigenvalue weighted by molar-refractivity contribution is 7.13. The van der Waals surface area contributed by atoms with E-state index in [2.05, 4.69) is 15.0 Å². The van der Waals surface area contributed by atoms with Gasteiger partial charge in [-0.25, -0.2) is 19.6 Å². The molecule has 0 amide bonds. The molecule has 4 rings (SSSR count). The Kier molecular flexibility index (Phi) is 7.06. The molecular weight excluding hydrogens is 454 g/mol. The number of benzene rings is 1. The fraction of sp³-hybridized carbons (Fsp3) is 0.375. The van der Waals surface area contributed by atoms with Gasteiger partial charge in [-0.1, -0.05) is 50.1 Å². The topological polar surface area (TPSA) is 112 Å². The van der Waals surface area contributed by atoms with E-state index in [9.17, 15) is 14.4 Å². The van der Waals surface area contributed by atoms with E-state index in [1.165, 1.54) is 15.9 Å². The lowest BCUT2D eigenvalue weighted by molar-refractivity contribution is 0.0452. The van der Waals surface area contributed by atoms with E-state index < -0.39 is 17.2 Å². The molecule has 0 spiro atoms. The van der Waals surface area contributed by atoms with Gasteiger partial charge in [-0.05, 0) is 19.8 Å². The summed E-state index contributed by atoms with van der Waals surface area (Å²) in [5.41, 5.74) is 1.96. The van der Waals surface area contributed by atoms with Crippen molar-refractivity contribution in [3.8, 4) is 10.6 Å². The fourth-order valence-corrected chi connectivity index (χ4v) is 4.51. The number of carbonyl (C=O) groups is 1. The van der Waals surface area contributed by atoms with Crippen molar-refractivity contribution in [2.45, 2.75) is 59.7 Å². The monoisotopic (exact) mass is 481 g/mol. The number of unbranched alkanes of at least 4 members (excludes halogenated alkanes) is 1. The predicted octanol–water partition coefficient (Wildman–Crippen LogP) is 3.89. The van der Waals surface area contributed by atoms with Crippen LogP contribution >= 0.6 is 11.3 Å². The molecule has 0 saturated heterocycles. The average molecular weight is 482 g/mol. The third-order valence-electron chi connectivity index (χ3n) is 5.49. The van der Waals surface area contributed by atoms with Gasteiger partial charge in [0.1, 0.15) is 17.4 Å². The number of H-pyrrole nitrogens is 1. The molecule has 1 aromatic carbocycles. The maximum absolute atomic E-state index is 12.7. The largest absolute Gasteiger partial charge is 0.453 e. The zero-order chi connectivity index (χ0) is 24.2. The number of fused-ring (bicyclic) bond motifs is 1. The molecule has 0 aliphatic heterocycles. The maximum atomic E-state index is 12.7. The van der Waals surface area contributed by atoms with E-state index in [4.69, 9.17) is 4.74 Å². The minimum absolute atomic E-state index is 0.133. The molecule has 9 nitrogen and oxygen atoms in total. The lowest BCUT2D eigenvalue weighted by Crippen LogP contribution is -2.31. The highest BCUT2D eigenvalue weighted by Gasteiger charge is 2.20. The van der Waals surface area contributed by atoms with Crippen molar-refractivity contribution in [1.82, 2.24) is 24.1 Å². The fourth-order valence-electron chi connectivity index (χ4n) is 3.72. The number of ether oxygens (including phenoxy) is 1. The summed E-state index contributed by atoms with van der Waals surface area (Å²) in [6.07, 6.45) is 2.41. The van der Waals surface area contributed by atoms with Gasteiger partial charge in [-0.3, -0.25) is 14.3 Å². The van der Waals surface area contributed by atoms with Crippen LogP contribution in [-0.4, -0.2) is 30.1 Å². The van der Waals surface area contributed by atoms with E-state index in [-0.39, 0.29) is 12.3 Å². The van der Waals surface area contributed by atoms with Crippen LogP contribution in [0.15, 0.2) is 39.2 Å². The van der Waals surface area contributed by atoms with Crippen LogP contribution in [0.4, 0.5) is 0 Å². The van der Waals surface area contributed by atoms with Gasteiger partial charge in [-0.15, -0.1) is 11.3 Å². The molecule has 4 aromatic rings. The second-order valence-electron chi connectivity index (χ2n) is 8.10. The number of thiazole rings is 1. The van der Waals surface area contributed by atoms with Crippen LogP contribution in [0.2, 0.25) is 0 Å². The third kappa shape index (κ3) is 4.72. The summed E-state index contributed by atoms with van der Waals surface area (Å²) in [7, 11) is 0. The second kappa shape index (κ2) is 10.2. The van der Waals surface area contributed by atoms with Crippen molar-refractivity contribution in [1.29, 1.82) is 0 Å². The van der Waals surface area contributed by atoms with Crippen molar-refractivity contribution < 1.29 is 9.53 Å². The molecule has 3 aromatic heterocycles. The van der Waals surface area contributed by atoms with Gasteiger partial charge in [0.25, 0.3) is 5.56 Å². The van der Waals surface area contributed by atoms with Crippen molar-refractivity contribution in [3.05, 3.63) is 67.6 Å². The third-order valence-corrected chi connectivity index (χ3v) is 6.38. The van der Waals surface area contributed by atoms with Crippen LogP contribution < -0.4 is 11.2 Å². The highest BCUT2D eigenvalue weighted by atomic mass is 32.1. The Morgan fingerprint density at radius 1 is 1.06 bits per heavy atom. The Labute approximate surface area is 200 Å². The number of nitrogens with zero attached hydrogens (tertiary/aromatic N) is 4. The predicted molar refractivity (Wildman–Crippen MR) is 131 cm³/mol. The zero-order valence-electron chi connectivity index (χ0n) is 19.5. The number of hydrogen-bond donors (Lipinski definition) is 1. The molecule has 3 heterocycles. The summed E-state index contributed by atoms with van der Waals surface area (Å²) in [6, 6.07) is 7.92. The molecule has 1 N–H and O–H groups in total. The molecule has 178 valence electrons. The van der Waals surface area contributed by atoms with Gasteiger partial charge in [0.15, 0.2) is 16.9 Å². The summed E-state index contributed by atoms with van der Waals surface area (Å²) in [6.45, 7) is 6.84. The first-order valence-electron chi connectivity index (χ1n) is 11.3. The van der Waals surface area contributed by atoms with Gasteiger partial charge in [0.2, 0.25) is 0 Å². The molecule has 0 aliphatic rings. The van der Waals surface area contributed by atoms with E-state index in [1.807, 2.05) is 45.0 Å². The Morgan fingerprint density at radius 2 is 1.82 bits per heavy atom. The van der Waals surface area contributed by atoms with Crippen molar-refractivity contribution in [2.24, 2.45) is 0 Å². The molecule has 10 heteroatoms. The lowest BCUT2D eigenvalue weighted by atomic mass is 10.2. The van der Waals surface area contributed by atoms with Crippen LogP contribution in [0, 0.1) is 6.92 Å². The smallest absolute Gasteiger partial charge is 0.358 e. The van der Waals surface area contributed by atoms with Gasteiger partial charge in [0.05, 0.1) is 0 Å². The summed E-state index contributed by atoms with van der Waals surface area (Å²) >= 11 is 1.37. The van der Waals surface area contributed by atoms with E-state index in [0.717, 1.165) is 35.4 Å².